The van der Waals surface area contributed by atoms with E-state index in [-0.39, 0.29) is 5.75 Å². The third-order valence-corrected chi connectivity index (χ3v) is 5.78. The van der Waals surface area contributed by atoms with Crippen LogP contribution in [0.5, 0.6) is 5.75 Å². The lowest BCUT2D eigenvalue weighted by Crippen LogP contribution is -2.38. The van der Waals surface area contributed by atoms with Gasteiger partial charge >= 0.3 is 0 Å². The van der Waals surface area contributed by atoms with Crippen LogP contribution in [0.4, 0.5) is 17.8 Å². The van der Waals surface area contributed by atoms with E-state index >= 15 is 0 Å². The number of benzene rings is 1. The molecule has 29 heavy (non-hydrogen) atoms. The van der Waals surface area contributed by atoms with E-state index in [0.29, 0.717) is 41.1 Å². The molecular formula is C18H21Br2N7O2. The number of hydrogen-bond acceptors (Lipinski definition) is 9. The number of aromatic nitrogens is 3. The lowest BCUT2D eigenvalue weighted by molar-refractivity contribution is 0.122. The van der Waals surface area contributed by atoms with Gasteiger partial charge in [0.1, 0.15) is 5.75 Å². The number of anilines is 3. The SMILES string of the molecule is Oc1c(Br)cc(Br)cc1/C=N\Nc1nc(N2CCCC2)nc(N2CCOCC2)n1. The summed E-state index contributed by atoms with van der Waals surface area (Å²) in [7, 11) is 0. The van der Waals surface area contributed by atoms with Crippen LogP contribution in [0, 0.1) is 0 Å². The average molecular weight is 527 g/mol. The molecule has 0 radical (unpaired) electrons. The number of hydrogen-bond donors (Lipinski definition) is 2. The van der Waals surface area contributed by atoms with E-state index in [0.717, 1.165) is 43.5 Å². The van der Waals surface area contributed by atoms with E-state index < -0.39 is 0 Å². The van der Waals surface area contributed by atoms with Crippen molar-refractivity contribution in [2.24, 2.45) is 5.10 Å². The van der Waals surface area contributed by atoms with E-state index in [1.807, 2.05) is 0 Å². The fraction of sp³-hybridized carbons (Fsp3) is 0.444. The van der Waals surface area contributed by atoms with Crippen molar-refractivity contribution in [1.82, 2.24) is 15.0 Å². The Bertz CT molecular complexity index is 900. The van der Waals surface area contributed by atoms with Gasteiger partial charge < -0.3 is 19.6 Å². The summed E-state index contributed by atoms with van der Waals surface area (Å²) in [6.07, 6.45) is 3.80. The van der Waals surface area contributed by atoms with Crippen molar-refractivity contribution < 1.29 is 9.84 Å². The van der Waals surface area contributed by atoms with Gasteiger partial charge in [0.2, 0.25) is 17.8 Å². The highest BCUT2D eigenvalue weighted by Gasteiger charge is 2.21. The molecule has 0 amide bonds. The summed E-state index contributed by atoms with van der Waals surface area (Å²) in [6, 6.07) is 3.54. The molecule has 1 aromatic carbocycles. The number of nitrogens with zero attached hydrogens (tertiary/aromatic N) is 6. The van der Waals surface area contributed by atoms with Gasteiger partial charge in [-0.3, -0.25) is 0 Å². The van der Waals surface area contributed by atoms with E-state index in [2.05, 4.69) is 67.1 Å². The van der Waals surface area contributed by atoms with E-state index in [1.165, 1.54) is 6.21 Å². The van der Waals surface area contributed by atoms with Crippen LogP contribution in [-0.4, -0.2) is 65.7 Å². The van der Waals surface area contributed by atoms with Crippen molar-refractivity contribution in [2.45, 2.75) is 12.8 Å². The van der Waals surface area contributed by atoms with Crippen molar-refractivity contribution in [3.63, 3.8) is 0 Å². The first kappa shape index (κ1) is 20.3. The van der Waals surface area contributed by atoms with Crippen LogP contribution < -0.4 is 15.2 Å². The number of hydrazone groups is 1. The molecule has 2 saturated heterocycles. The summed E-state index contributed by atoms with van der Waals surface area (Å²) in [5.74, 6) is 1.76. The minimum Gasteiger partial charge on any atom is -0.506 e. The summed E-state index contributed by atoms with van der Waals surface area (Å²) in [5.41, 5.74) is 3.44. The first-order valence-electron chi connectivity index (χ1n) is 9.41. The van der Waals surface area contributed by atoms with Crippen LogP contribution in [0.3, 0.4) is 0 Å². The third kappa shape index (κ3) is 4.96. The summed E-state index contributed by atoms with van der Waals surface area (Å²) in [6.45, 7) is 4.67. The largest absolute Gasteiger partial charge is 0.506 e. The Kier molecular flexibility index (Phi) is 6.46. The van der Waals surface area contributed by atoms with Crippen LogP contribution in [0.15, 0.2) is 26.2 Å². The minimum absolute atomic E-state index is 0.112. The van der Waals surface area contributed by atoms with Crippen molar-refractivity contribution in [3.05, 3.63) is 26.6 Å². The molecule has 154 valence electrons. The second-order valence-corrected chi connectivity index (χ2v) is 8.52. The van der Waals surface area contributed by atoms with Crippen LogP contribution in [0.1, 0.15) is 18.4 Å². The number of halogens is 2. The zero-order valence-corrected chi connectivity index (χ0v) is 18.9. The lowest BCUT2D eigenvalue weighted by Gasteiger charge is -2.27. The summed E-state index contributed by atoms with van der Waals surface area (Å²) < 4.78 is 6.84. The zero-order valence-electron chi connectivity index (χ0n) is 15.7. The summed E-state index contributed by atoms with van der Waals surface area (Å²) in [4.78, 5) is 18.0. The number of aromatic hydroxyl groups is 1. The maximum atomic E-state index is 10.2. The minimum atomic E-state index is 0.112. The molecule has 9 nitrogen and oxygen atoms in total. The van der Waals surface area contributed by atoms with Gasteiger partial charge in [-0.25, -0.2) is 5.43 Å². The number of rotatable bonds is 5. The number of phenolic OH excluding ortho intramolecular Hbond substituents is 1. The first-order valence-corrected chi connectivity index (χ1v) is 11.0. The molecule has 0 aliphatic carbocycles. The Morgan fingerprint density at radius 3 is 2.34 bits per heavy atom. The van der Waals surface area contributed by atoms with Crippen LogP contribution in [0.2, 0.25) is 0 Å². The number of morpholine rings is 1. The van der Waals surface area contributed by atoms with Crippen LogP contribution in [0.25, 0.3) is 0 Å². The van der Waals surface area contributed by atoms with Crippen molar-refractivity contribution in [3.8, 4) is 5.75 Å². The predicted octanol–water partition coefficient (Wildman–Crippen LogP) is 2.99. The van der Waals surface area contributed by atoms with Crippen LogP contribution >= 0.6 is 31.9 Å². The van der Waals surface area contributed by atoms with Gasteiger partial charge in [-0.1, -0.05) is 15.9 Å². The quantitative estimate of drug-likeness (QED) is 0.453. The highest BCUT2D eigenvalue weighted by Crippen LogP contribution is 2.30. The van der Waals surface area contributed by atoms with Gasteiger partial charge in [-0.15, -0.1) is 0 Å². The first-order chi connectivity index (χ1) is 14.1. The third-order valence-electron chi connectivity index (χ3n) is 4.72. The Hall–Kier alpha value is -1.98. The Labute approximate surface area is 185 Å². The fourth-order valence-corrected chi connectivity index (χ4v) is 4.47. The highest BCUT2D eigenvalue weighted by atomic mass is 79.9. The molecule has 2 aliphatic heterocycles. The molecule has 2 fully saturated rings. The number of phenols is 1. The number of ether oxygens (including phenoxy) is 1. The van der Waals surface area contributed by atoms with Crippen molar-refractivity contribution >= 4 is 55.9 Å². The smallest absolute Gasteiger partial charge is 0.250 e. The van der Waals surface area contributed by atoms with Gasteiger partial charge in [0.25, 0.3) is 0 Å². The van der Waals surface area contributed by atoms with Crippen molar-refractivity contribution in [1.29, 1.82) is 0 Å². The second kappa shape index (κ2) is 9.23. The molecular weight excluding hydrogens is 506 g/mol. The molecule has 0 unspecified atom stereocenters. The molecule has 0 atom stereocenters. The Morgan fingerprint density at radius 2 is 1.66 bits per heavy atom. The molecule has 0 spiro atoms. The normalized spacial score (nSPS) is 17.3. The highest BCUT2D eigenvalue weighted by molar-refractivity contribution is 9.11. The maximum absolute atomic E-state index is 10.2. The topological polar surface area (TPSA) is 99.0 Å². The van der Waals surface area contributed by atoms with Gasteiger partial charge in [0.15, 0.2) is 0 Å². The standard InChI is InChI=1S/C18H21Br2N7O2/c19-13-9-12(15(28)14(20)10-13)11-21-25-16-22-17(26-3-1-2-4-26)24-18(23-16)27-5-7-29-8-6-27/h9-11,28H,1-8H2,(H,22,23,24,25)/b21-11-. The van der Waals surface area contributed by atoms with Crippen molar-refractivity contribution in [2.75, 3.05) is 54.6 Å². The predicted molar refractivity (Wildman–Crippen MR) is 119 cm³/mol. The van der Waals surface area contributed by atoms with E-state index in [1.54, 1.807) is 12.1 Å². The Morgan fingerprint density at radius 1 is 1.00 bits per heavy atom. The maximum Gasteiger partial charge on any atom is 0.250 e. The van der Waals surface area contributed by atoms with Crippen LogP contribution in [-0.2, 0) is 4.74 Å². The second-order valence-electron chi connectivity index (χ2n) is 6.75. The molecule has 11 heteroatoms. The molecule has 0 saturated carbocycles. The fourth-order valence-electron chi connectivity index (χ4n) is 3.21. The lowest BCUT2D eigenvalue weighted by atomic mass is 10.2. The molecule has 0 bridgehead atoms. The summed E-state index contributed by atoms with van der Waals surface area (Å²) >= 11 is 6.73. The Balaban J connectivity index is 1.57. The van der Waals surface area contributed by atoms with Gasteiger partial charge in [0, 0.05) is 36.2 Å². The molecule has 4 rings (SSSR count). The molecule has 2 N–H and O–H groups in total. The molecule has 2 aromatic rings. The van der Waals surface area contributed by atoms with Gasteiger partial charge in [0.05, 0.1) is 23.9 Å². The average Bonchev–Trinajstić information content (AvgIpc) is 3.27. The van der Waals surface area contributed by atoms with E-state index in [4.69, 9.17) is 4.74 Å². The number of nitrogens with one attached hydrogen (secondary N) is 1. The van der Waals surface area contributed by atoms with E-state index in [9.17, 15) is 5.11 Å². The zero-order chi connectivity index (χ0) is 20.2. The monoisotopic (exact) mass is 525 g/mol. The molecule has 2 aliphatic rings. The molecule has 1 aromatic heterocycles. The summed E-state index contributed by atoms with van der Waals surface area (Å²) in [5, 5.41) is 14.4. The van der Waals surface area contributed by atoms with Gasteiger partial charge in [-0.05, 0) is 40.9 Å². The molecule has 3 heterocycles. The van der Waals surface area contributed by atoms with Gasteiger partial charge in [-0.2, -0.15) is 20.1 Å².